The van der Waals surface area contributed by atoms with E-state index in [-0.39, 0.29) is 29.7 Å². The Kier molecular flexibility index (Phi) is 4.63. The molecule has 7 heteroatoms. The van der Waals surface area contributed by atoms with Gasteiger partial charge in [-0.05, 0) is 31.0 Å². The molecule has 1 saturated heterocycles. The molecule has 0 unspecified atom stereocenters. The maximum absolute atomic E-state index is 12.6. The third-order valence-corrected chi connectivity index (χ3v) is 4.53. The summed E-state index contributed by atoms with van der Waals surface area (Å²) in [4.78, 5) is 18.5. The van der Waals surface area contributed by atoms with Gasteiger partial charge in [-0.25, -0.2) is 0 Å². The van der Waals surface area contributed by atoms with E-state index in [1.807, 2.05) is 12.1 Å². The van der Waals surface area contributed by atoms with Crippen molar-refractivity contribution < 1.29 is 14.1 Å². The van der Waals surface area contributed by atoms with Gasteiger partial charge < -0.3 is 14.2 Å². The fourth-order valence-electron chi connectivity index (χ4n) is 2.86. The Hall–Kier alpha value is -1.92. The number of nitrogens with zero attached hydrogens (tertiary/aromatic N) is 3. The molecule has 3 heterocycles. The highest BCUT2D eigenvalue weighted by Gasteiger charge is 2.35. The van der Waals surface area contributed by atoms with Crippen LogP contribution in [0.15, 0.2) is 29.0 Å². The van der Waals surface area contributed by atoms with E-state index in [9.17, 15) is 4.79 Å². The highest BCUT2D eigenvalue weighted by Crippen LogP contribution is 2.32. The molecule has 0 aliphatic carbocycles. The maximum atomic E-state index is 12.6. The molecule has 1 fully saturated rings. The van der Waals surface area contributed by atoms with E-state index in [0.29, 0.717) is 17.9 Å². The zero-order valence-electron chi connectivity index (χ0n) is 13.0. The number of hydrogen-bond acceptors (Lipinski definition) is 5. The van der Waals surface area contributed by atoms with Crippen molar-refractivity contribution in [3.8, 4) is 0 Å². The van der Waals surface area contributed by atoms with Crippen molar-refractivity contribution in [3.63, 3.8) is 0 Å². The van der Waals surface area contributed by atoms with E-state index in [2.05, 4.69) is 10.1 Å². The van der Waals surface area contributed by atoms with Gasteiger partial charge in [0.15, 0.2) is 0 Å². The highest BCUT2D eigenvalue weighted by molar-refractivity contribution is 6.29. The molecule has 0 bridgehead atoms. The number of likely N-dealkylation sites (N-methyl/N-ethyl adjacent to an activating group) is 1. The second-order valence-electron chi connectivity index (χ2n) is 5.64. The molecule has 1 amide bonds. The number of halogens is 1. The van der Waals surface area contributed by atoms with Crippen LogP contribution in [0, 0.1) is 6.92 Å². The molecule has 0 N–H and O–H groups in total. The van der Waals surface area contributed by atoms with Crippen molar-refractivity contribution in [2.24, 2.45) is 0 Å². The number of pyridine rings is 1. The summed E-state index contributed by atoms with van der Waals surface area (Å²) >= 11 is 5.95. The summed E-state index contributed by atoms with van der Waals surface area (Å²) in [6.07, 6.45) is 4.30. The normalized spacial score (nSPS) is 20.7. The molecular weight excluding hydrogens is 318 g/mol. The first-order valence-electron chi connectivity index (χ1n) is 7.45. The van der Waals surface area contributed by atoms with Crippen LogP contribution in [0.5, 0.6) is 0 Å². The lowest BCUT2D eigenvalue weighted by Gasteiger charge is -2.28. The van der Waals surface area contributed by atoms with E-state index < -0.39 is 0 Å². The minimum absolute atomic E-state index is 0.0226. The van der Waals surface area contributed by atoms with E-state index in [1.54, 1.807) is 31.3 Å². The number of rotatable bonds is 4. The lowest BCUT2D eigenvalue weighted by Crippen LogP contribution is -2.39. The van der Waals surface area contributed by atoms with Crippen LogP contribution in [0.3, 0.4) is 0 Å². The van der Waals surface area contributed by atoms with Crippen LogP contribution in [-0.2, 0) is 16.0 Å². The van der Waals surface area contributed by atoms with Crippen molar-refractivity contribution in [1.29, 1.82) is 0 Å². The Labute approximate surface area is 139 Å². The summed E-state index contributed by atoms with van der Waals surface area (Å²) in [7, 11) is 1.79. The summed E-state index contributed by atoms with van der Waals surface area (Å²) in [5, 5.41) is 3.95. The predicted molar refractivity (Wildman–Crippen MR) is 84.1 cm³/mol. The number of hydrogen-bond donors (Lipinski definition) is 0. The Balaban J connectivity index is 1.74. The van der Waals surface area contributed by atoms with Gasteiger partial charge in [0.05, 0.1) is 18.2 Å². The molecule has 1 aliphatic heterocycles. The smallest absolute Gasteiger partial charge is 0.229 e. The topological polar surface area (TPSA) is 68.5 Å². The summed E-state index contributed by atoms with van der Waals surface area (Å²) in [5.41, 5.74) is 2.26. The third-order valence-electron chi connectivity index (χ3n) is 4.23. The lowest BCUT2D eigenvalue weighted by atomic mass is 10.0. The average molecular weight is 336 g/mol. The lowest BCUT2D eigenvalue weighted by molar-refractivity contribution is -0.132. The number of carbonyl (C=O) groups is 1. The minimum Gasteiger partial charge on any atom is -0.371 e. The summed E-state index contributed by atoms with van der Waals surface area (Å²) < 4.78 is 10.7. The van der Waals surface area contributed by atoms with Gasteiger partial charge in [-0.3, -0.25) is 9.78 Å². The van der Waals surface area contributed by atoms with Gasteiger partial charge in [-0.1, -0.05) is 11.2 Å². The van der Waals surface area contributed by atoms with Crippen LogP contribution in [0.1, 0.15) is 29.3 Å². The first-order chi connectivity index (χ1) is 11.1. The first kappa shape index (κ1) is 16.0. The van der Waals surface area contributed by atoms with E-state index in [1.165, 1.54) is 0 Å². The Morgan fingerprint density at radius 3 is 3.00 bits per heavy atom. The summed E-state index contributed by atoms with van der Waals surface area (Å²) in [5.74, 6) is -0.0393. The van der Waals surface area contributed by atoms with Crippen molar-refractivity contribution in [2.75, 3.05) is 13.7 Å². The second-order valence-corrected chi connectivity index (χ2v) is 5.98. The van der Waals surface area contributed by atoms with Crippen LogP contribution >= 0.6 is 11.6 Å². The van der Waals surface area contributed by atoms with Gasteiger partial charge in [-0.2, -0.15) is 0 Å². The van der Waals surface area contributed by atoms with Gasteiger partial charge >= 0.3 is 0 Å². The molecule has 1 aliphatic rings. The SMILES string of the molecule is Cc1noc(Cl)c1CC(=O)N(C)[C@H]1CCO[C@@H]1c1cccnc1. The molecule has 6 nitrogen and oxygen atoms in total. The summed E-state index contributed by atoms with van der Waals surface area (Å²) in [6.45, 7) is 2.39. The van der Waals surface area contributed by atoms with Crippen LogP contribution in [-0.4, -0.2) is 40.6 Å². The van der Waals surface area contributed by atoms with Crippen molar-refractivity contribution in [3.05, 3.63) is 46.6 Å². The molecule has 3 rings (SSSR count). The number of aryl methyl sites for hydroxylation is 1. The van der Waals surface area contributed by atoms with Crippen molar-refractivity contribution in [2.45, 2.75) is 31.9 Å². The standard InChI is InChI=1S/C16H18ClN3O3/c1-10-12(16(17)23-19-10)8-14(21)20(2)13-5-7-22-15(13)11-4-3-6-18-9-11/h3-4,6,9,13,15H,5,7-8H2,1-2H3/t13-,15+/m0/s1. The van der Waals surface area contributed by atoms with Gasteiger partial charge in [0, 0.05) is 37.2 Å². The highest BCUT2D eigenvalue weighted by atomic mass is 35.5. The number of amides is 1. The fourth-order valence-corrected chi connectivity index (χ4v) is 3.09. The van der Waals surface area contributed by atoms with Crippen LogP contribution in [0.25, 0.3) is 0 Å². The Morgan fingerprint density at radius 1 is 1.52 bits per heavy atom. The quantitative estimate of drug-likeness (QED) is 0.859. The number of carbonyl (C=O) groups excluding carboxylic acids is 1. The fraction of sp³-hybridized carbons (Fsp3) is 0.438. The number of aromatic nitrogens is 2. The van der Waals surface area contributed by atoms with Gasteiger partial charge in [0.1, 0.15) is 6.10 Å². The van der Waals surface area contributed by atoms with Crippen LogP contribution in [0.4, 0.5) is 0 Å². The van der Waals surface area contributed by atoms with E-state index in [4.69, 9.17) is 20.9 Å². The van der Waals surface area contributed by atoms with Gasteiger partial charge in [0.25, 0.3) is 0 Å². The van der Waals surface area contributed by atoms with Crippen molar-refractivity contribution >= 4 is 17.5 Å². The molecule has 0 saturated carbocycles. The van der Waals surface area contributed by atoms with Crippen LogP contribution in [0.2, 0.25) is 5.22 Å². The molecule has 122 valence electrons. The largest absolute Gasteiger partial charge is 0.371 e. The van der Waals surface area contributed by atoms with Gasteiger partial charge in [-0.15, -0.1) is 0 Å². The maximum Gasteiger partial charge on any atom is 0.229 e. The minimum atomic E-state index is -0.156. The molecule has 2 aromatic rings. The average Bonchev–Trinajstić information content (AvgIpc) is 3.17. The zero-order valence-corrected chi connectivity index (χ0v) is 13.8. The van der Waals surface area contributed by atoms with Crippen molar-refractivity contribution in [1.82, 2.24) is 15.0 Å². The van der Waals surface area contributed by atoms with Crippen LogP contribution < -0.4 is 0 Å². The van der Waals surface area contributed by atoms with E-state index >= 15 is 0 Å². The second kappa shape index (κ2) is 6.68. The third kappa shape index (κ3) is 3.23. The van der Waals surface area contributed by atoms with Gasteiger partial charge in [0.2, 0.25) is 11.1 Å². The summed E-state index contributed by atoms with van der Waals surface area (Å²) in [6, 6.07) is 3.82. The molecule has 0 aromatic carbocycles. The number of ether oxygens (including phenoxy) is 1. The zero-order chi connectivity index (χ0) is 16.4. The molecule has 23 heavy (non-hydrogen) atoms. The monoisotopic (exact) mass is 335 g/mol. The Morgan fingerprint density at radius 2 is 2.35 bits per heavy atom. The predicted octanol–water partition coefficient (Wildman–Crippen LogP) is 2.56. The molecule has 0 radical (unpaired) electrons. The first-order valence-corrected chi connectivity index (χ1v) is 7.83. The molecule has 2 aromatic heterocycles. The molecule has 2 atom stereocenters. The Bertz CT molecular complexity index is 670. The molecule has 0 spiro atoms. The van der Waals surface area contributed by atoms with E-state index in [0.717, 1.165) is 12.0 Å². The molecular formula is C16H18ClN3O3.